The van der Waals surface area contributed by atoms with Crippen LogP contribution in [-0.2, 0) is 0 Å². The molecule has 1 aromatic heterocycles. The predicted molar refractivity (Wildman–Crippen MR) is 73.2 cm³/mol. The van der Waals surface area contributed by atoms with Crippen molar-refractivity contribution in [2.45, 2.75) is 19.4 Å². The molecule has 18 heavy (non-hydrogen) atoms. The summed E-state index contributed by atoms with van der Waals surface area (Å²) >= 11 is 2.01. The maximum absolute atomic E-state index is 3.98. The largest absolute Gasteiger partial charge is 0.381 e. The average Bonchev–Trinajstić information content (AvgIpc) is 3.01. The van der Waals surface area contributed by atoms with Gasteiger partial charge in [-0.3, -0.25) is 0 Å². The fraction of sp³-hybridized carbons (Fsp3) is 0.417. The summed E-state index contributed by atoms with van der Waals surface area (Å²) in [4.78, 5) is 0. The molecule has 6 heteroatoms. The minimum Gasteiger partial charge on any atom is -0.381 e. The predicted octanol–water partition coefficient (Wildman–Crippen LogP) is 1.89. The van der Waals surface area contributed by atoms with Gasteiger partial charge in [-0.1, -0.05) is 6.07 Å². The molecule has 1 atom stereocenters. The molecular formula is C12H15N5S. The first-order chi connectivity index (χ1) is 8.83. The van der Waals surface area contributed by atoms with Crippen molar-refractivity contribution in [1.82, 2.24) is 20.2 Å². The van der Waals surface area contributed by atoms with Gasteiger partial charge in [0.1, 0.15) is 0 Å². The number of benzene rings is 1. The summed E-state index contributed by atoms with van der Waals surface area (Å²) in [7, 11) is 0. The van der Waals surface area contributed by atoms with Crippen LogP contribution in [0.25, 0.3) is 5.69 Å². The Morgan fingerprint density at radius 1 is 1.44 bits per heavy atom. The number of nitrogens with one attached hydrogen (secondary N) is 1. The highest BCUT2D eigenvalue weighted by molar-refractivity contribution is 7.99. The zero-order valence-electron chi connectivity index (χ0n) is 10.2. The molecule has 0 radical (unpaired) electrons. The fourth-order valence-corrected chi connectivity index (χ4v) is 3.23. The normalized spacial score (nSPS) is 19.1. The van der Waals surface area contributed by atoms with Gasteiger partial charge < -0.3 is 5.32 Å². The second-order valence-electron chi connectivity index (χ2n) is 4.39. The highest BCUT2D eigenvalue weighted by atomic mass is 32.2. The van der Waals surface area contributed by atoms with E-state index in [4.69, 9.17) is 0 Å². The molecule has 2 aromatic rings. The van der Waals surface area contributed by atoms with Gasteiger partial charge >= 0.3 is 0 Å². The Kier molecular flexibility index (Phi) is 3.19. The van der Waals surface area contributed by atoms with Crippen molar-refractivity contribution >= 4 is 17.4 Å². The topological polar surface area (TPSA) is 55.6 Å². The van der Waals surface area contributed by atoms with Gasteiger partial charge in [-0.25, -0.2) is 0 Å². The number of tetrazole rings is 1. The van der Waals surface area contributed by atoms with E-state index in [2.05, 4.69) is 33.0 Å². The zero-order chi connectivity index (χ0) is 12.4. The van der Waals surface area contributed by atoms with Crippen LogP contribution in [0.3, 0.4) is 0 Å². The van der Waals surface area contributed by atoms with Gasteiger partial charge in [-0.2, -0.15) is 16.4 Å². The van der Waals surface area contributed by atoms with Crippen LogP contribution in [0, 0.1) is 6.92 Å². The molecular weight excluding hydrogens is 246 g/mol. The van der Waals surface area contributed by atoms with E-state index >= 15 is 0 Å². The highest BCUT2D eigenvalue weighted by Gasteiger charge is 2.15. The lowest BCUT2D eigenvalue weighted by Gasteiger charge is -2.13. The quantitative estimate of drug-likeness (QED) is 0.914. The molecule has 0 amide bonds. The summed E-state index contributed by atoms with van der Waals surface area (Å²) in [5.41, 5.74) is 2.13. The Morgan fingerprint density at radius 2 is 2.39 bits per heavy atom. The van der Waals surface area contributed by atoms with Crippen molar-refractivity contribution < 1.29 is 0 Å². The summed E-state index contributed by atoms with van der Waals surface area (Å²) in [6, 6.07) is 8.80. The minimum atomic E-state index is 0.584. The van der Waals surface area contributed by atoms with Crippen LogP contribution in [0.15, 0.2) is 24.3 Å². The lowest BCUT2D eigenvalue weighted by molar-refractivity contribution is 0.778. The van der Waals surface area contributed by atoms with Crippen molar-refractivity contribution in [1.29, 1.82) is 0 Å². The minimum absolute atomic E-state index is 0.584. The fourth-order valence-electron chi connectivity index (χ4n) is 2.08. The third kappa shape index (κ3) is 2.33. The molecule has 0 aliphatic carbocycles. The van der Waals surface area contributed by atoms with E-state index < -0.39 is 0 Å². The van der Waals surface area contributed by atoms with E-state index in [0.717, 1.165) is 17.2 Å². The van der Waals surface area contributed by atoms with Crippen LogP contribution >= 0.6 is 11.8 Å². The summed E-state index contributed by atoms with van der Waals surface area (Å²) < 4.78 is 1.74. The lowest BCUT2D eigenvalue weighted by Crippen LogP contribution is -2.18. The van der Waals surface area contributed by atoms with Crippen molar-refractivity contribution in [3.63, 3.8) is 0 Å². The first kappa shape index (κ1) is 11.5. The SMILES string of the molecule is Cc1nnnn1-c1cccc(NC2CCSC2)c1. The molecule has 0 bridgehead atoms. The van der Waals surface area contributed by atoms with Gasteiger partial charge in [-0.05, 0) is 47.7 Å². The molecule has 1 unspecified atom stereocenters. The molecule has 5 nitrogen and oxygen atoms in total. The van der Waals surface area contributed by atoms with E-state index in [9.17, 15) is 0 Å². The van der Waals surface area contributed by atoms with E-state index in [1.165, 1.54) is 17.9 Å². The smallest absolute Gasteiger partial charge is 0.153 e. The Morgan fingerprint density at radius 3 is 3.11 bits per heavy atom. The molecule has 0 spiro atoms. The van der Waals surface area contributed by atoms with Crippen LogP contribution in [0.1, 0.15) is 12.2 Å². The number of thioether (sulfide) groups is 1. The van der Waals surface area contributed by atoms with Gasteiger partial charge in [0.25, 0.3) is 0 Å². The molecule has 94 valence electrons. The lowest BCUT2D eigenvalue weighted by atomic mass is 10.2. The van der Waals surface area contributed by atoms with Crippen molar-refractivity contribution in [2.24, 2.45) is 0 Å². The molecule has 1 saturated heterocycles. The van der Waals surface area contributed by atoms with Crippen molar-refractivity contribution in [2.75, 3.05) is 16.8 Å². The highest BCUT2D eigenvalue weighted by Crippen LogP contribution is 2.22. The van der Waals surface area contributed by atoms with Gasteiger partial charge in [-0.15, -0.1) is 5.10 Å². The van der Waals surface area contributed by atoms with E-state index in [1.807, 2.05) is 30.8 Å². The van der Waals surface area contributed by atoms with Gasteiger partial charge in [0.05, 0.1) is 5.69 Å². The molecule has 1 aliphatic rings. The van der Waals surface area contributed by atoms with E-state index in [-0.39, 0.29) is 0 Å². The third-order valence-corrected chi connectivity index (χ3v) is 4.18. The van der Waals surface area contributed by atoms with Crippen LogP contribution in [0.5, 0.6) is 0 Å². The second-order valence-corrected chi connectivity index (χ2v) is 5.54. The second kappa shape index (κ2) is 4.97. The monoisotopic (exact) mass is 261 g/mol. The number of hydrogen-bond acceptors (Lipinski definition) is 5. The first-order valence-electron chi connectivity index (χ1n) is 6.02. The van der Waals surface area contributed by atoms with Crippen molar-refractivity contribution in [3.05, 3.63) is 30.1 Å². The molecule has 0 saturated carbocycles. The molecule has 1 fully saturated rings. The average molecular weight is 261 g/mol. The van der Waals surface area contributed by atoms with Gasteiger partial charge in [0.2, 0.25) is 0 Å². The van der Waals surface area contributed by atoms with Gasteiger partial charge in [0, 0.05) is 17.5 Å². The van der Waals surface area contributed by atoms with Crippen LogP contribution in [0.2, 0.25) is 0 Å². The number of aromatic nitrogens is 4. The number of nitrogens with zero attached hydrogens (tertiary/aromatic N) is 4. The zero-order valence-corrected chi connectivity index (χ0v) is 11.0. The van der Waals surface area contributed by atoms with Gasteiger partial charge in [0.15, 0.2) is 5.82 Å². The third-order valence-electron chi connectivity index (χ3n) is 3.02. The number of anilines is 1. The first-order valence-corrected chi connectivity index (χ1v) is 7.18. The van der Waals surface area contributed by atoms with Crippen LogP contribution < -0.4 is 5.32 Å². The Balaban J connectivity index is 1.82. The maximum atomic E-state index is 3.98. The van der Waals surface area contributed by atoms with E-state index in [1.54, 1.807) is 4.68 Å². The molecule has 1 N–H and O–H groups in total. The summed E-state index contributed by atoms with van der Waals surface area (Å²) in [5.74, 6) is 3.24. The number of aryl methyl sites for hydroxylation is 1. The molecule has 2 heterocycles. The molecule has 3 rings (SSSR count). The number of hydrogen-bond donors (Lipinski definition) is 1. The summed E-state index contributed by atoms with van der Waals surface area (Å²) in [5, 5.41) is 15.1. The summed E-state index contributed by atoms with van der Waals surface area (Å²) in [6.45, 7) is 1.90. The number of rotatable bonds is 3. The standard InChI is InChI=1S/C12H15N5S/c1-9-14-15-16-17(9)12-4-2-3-10(7-12)13-11-5-6-18-8-11/h2-4,7,11,13H,5-6,8H2,1H3. The van der Waals surface area contributed by atoms with E-state index in [0.29, 0.717) is 6.04 Å². The molecule has 1 aliphatic heterocycles. The summed E-state index contributed by atoms with van der Waals surface area (Å²) in [6.07, 6.45) is 1.23. The Labute approximate surface area is 110 Å². The molecule has 1 aromatic carbocycles. The maximum Gasteiger partial charge on any atom is 0.153 e. The van der Waals surface area contributed by atoms with Crippen molar-refractivity contribution in [3.8, 4) is 5.69 Å². The Hall–Kier alpha value is -1.56. The Bertz CT molecular complexity index is 533. The van der Waals surface area contributed by atoms with Crippen LogP contribution in [-0.4, -0.2) is 37.8 Å². The van der Waals surface area contributed by atoms with Crippen LogP contribution in [0.4, 0.5) is 5.69 Å².